The largest absolute Gasteiger partial charge is 0.400 e. The first-order chi connectivity index (χ1) is 7.33. The fourth-order valence-electron chi connectivity index (χ4n) is 3.61. The van der Waals surface area contributed by atoms with E-state index in [-0.39, 0.29) is 0 Å². The Hall–Kier alpha value is 0.137. The van der Waals surface area contributed by atoms with Crippen LogP contribution in [-0.2, 0) is 8.85 Å². The summed E-state index contributed by atoms with van der Waals surface area (Å²) in [5.41, 5.74) is 0. The summed E-state index contributed by atoms with van der Waals surface area (Å²) in [5, 5.41) is 0. The van der Waals surface area contributed by atoms with Gasteiger partial charge in [-0.25, -0.2) is 0 Å². The van der Waals surface area contributed by atoms with Gasteiger partial charge < -0.3 is 8.85 Å². The van der Waals surface area contributed by atoms with Gasteiger partial charge in [0.05, 0.1) is 0 Å². The summed E-state index contributed by atoms with van der Waals surface area (Å²) in [6, 6.07) is 1.20. The van der Waals surface area contributed by atoms with Crippen molar-refractivity contribution in [2.75, 3.05) is 14.2 Å². The van der Waals surface area contributed by atoms with Crippen LogP contribution in [-0.4, -0.2) is 23.5 Å². The summed E-state index contributed by atoms with van der Waals surface area (Å²) >= 11 is 0. The highest BCUT2D eigenvalue weighted by atomic mass is 28.3. The summed E-state index contributed by atoms with van der Waals surface area (Å²) in [6.45, 7) is 0. The smallest absolute Gasteiger partial charge is 0.320 e. The maximum atomic E-state index is 5.34. The topological polar surface area (TPSA) is 18.5 Å². The van der Waals surface area contributed by atoms with Crippen LogP contribution in [0, 0.1) is 17.8 Å². The zero-order chi connectivity index (χ0) is 10.7. The van der Waals surface area contributed by atoms with Crippen LogP contribution in [0.2, 0.25) is 6.04 Å². The molecule has 0 aromatic heterocycles. The molecule has 2 aliphatic carbocycles. The van der Waals surface area contributed by atoms with Crippen LogP contribution in [0.15, 0.2) is 0 Å². The SMILES string of the molecule is CO[SiH](CCCC1CC2CCC1C2)OC. The fraction of sp³-hybridized carbons (Fsp3) is 1.00. The molecule has 2 aliphatic rings. The van der Waals surface area contributed by atoms with E-state index in [4.69, 9.17) is 8.85 Å². The molecule has 0 aliphatic heterocycles. The van der Waals surface area contributed by atoms with E-state index < -0.39 is 9.28 Å². The summed E-state index contributed by atoms with van der Waals surface area (Å²) < 4.78 is 10.7. The molecular formula is C12H24O2Si. The molecule has 0 aromatic carbocycles. The molecule has 88 valence electrons. The molecule has 2 saturated carbocycles. The van der Waals surface area contributed by atoms with Gasteiger partial charge in [-0.3, -0.25) is 0 Å². The molecule has 2 nitrogen and oxygen atoms in total. The second kappa shape index (κ2) is 5.46. The lowest BCUT2D eigenvalue weighted by atomic mass is 9.86. The zero-order valence-electron chi connectivity index (χ0n) is 10.1. The first kappa shape index (κ1) is 11.6. The van der Waals surface area contributed by atoms with Gasteiger partial charge in [0, 0.05) is 14.2 Å². The summed E-state index contributed by atoms with van der Waals surface area (Å²) in [7, 11) is 2.31. The van der Waals surface area contributed by atoms with Crippen LogP contribution < -0.4 is 0 Å². The van der Waals surface area contributed by atoms with Gasteiger partial charge in [-0.15, -0.1) is 0 Å². The Morgan fingerprint density at radius 2 is 1.93 bits per heavy atom. The molecule has 3 heteroatoms. The Bertz CT molecular complexity index is 194. The van der Waals surface area contributed by atoms with E-state index in [2.05, 4.69) is 0 Å². The predicted molar refractivity (Wildman–Crippen MR) is 64.1 cm³/mol. The minimum absolute atomic E-state index is 1.05. The van der Waals surface area contributed by atoms with E-state index in [9.17, 15) is 0 Å². The first-order valence-electron chi connectivity index (χ1n) is 6.39. The average Bonchev–Trinajstić information content (AvgIpc) is 2.86. The summed E-state index contributed by atoms with van der Waals surface area (Å²) in [5.74, 6) is 3.23. The Morgan fingerprint density at radius 1 is 1.13 bits per heavy atom. The van der Waals surface area contributed by atoms with Gasteiger partial charge in [0.15, 0.2) is 0 Å². The molecule has 2 rings (SSSR count). The van der Waals surface area contributed by atoms with Crippen molar-refractivity contribution in [2.24, 2.45) is 17.8 Å². The second-order valence-corrected chi connectivity index (χ2v) is 7.65. The third kappa shape index (κ3) is 2.83. The molecule has 15 heavy (non-hydrogen) atoms. The highest BCUT2D eigenvalue weighted by Gasteiger charge is 2.38. The van der Waals surface area contributed by atoms with E-state index in [1.165, 1.54) is 38.1 Å². The van der Waals surface area contributed by atoms with Crippen LogP contribution in [0.1, 0.15) is 38.5 Å². The van der Waals surface area contributed by atoms with Gasteiger partial charge in [0.25, 0.3) is 0 Å². The lowest BCUT2D eigenvalue weighted by molar-refractivity contribution is 0.269. The van der Waals surface area contributed by atoms with Gasteiger partial charge in [0.2, 0.25) is 0 Å². The Balaban J connectivity index is 1.62. The molecule has 0 heterocycles. The summed E-state index contributed by atoms with van der Waals surface area (Å²) in [4.78, 5) is 0. The van der Waals surface area contributed by atoms with E-state index in [0.717, 1.165) is 17.8 Å². The number of hydrogen-bond acceptors (Lipinski definition) is 2. The van der Waals surface area contributed by atoms with E-state index in [1.54, 1.807) is 20.6 Å². The lowest BCUT2D eigenvalue weighted by Gasteiger charge is -2.21. The van der Waals surface area contributed by atoms with Crippen molar-refractivity contribution >= 4 is 9.28 Å². The van der Waals surface area contributed by atoms with E-state index >= 15 is 0 Å². The molecule has 0 aromatic rings. The molecule has 0 N–H and O–H groups in total. The van der Waals surface area contributed by atoms with Gasteiger partial charge in [-0.1, -0.05) is 19.3 Å². The molecule has 3 unspecified atom stereocenters. The van der Waals surface area contributed by atoms with Crippen LogP contribution in [0.25, 0.3) is 0 Å². The zero-order valence-corrected chi connectivity index (χ0v) is 11.2. The van der Waals surface area contributed by atoms with Crippen LogP contribution >= 0.6 is 0 Å². The number of hydrogen-bond donors (Lipinski definition) is 0. The molecule has 0 radical (unpaired) electrons. The molecule has 0 amide bonds. The minimum Gasteiger partial charge on any atom is -0.400 e. The minimum atomic E-state index is -1.27. The first-order valence-corrected chi connectivity index (χ1v) is 8.15. The van der Waals surface area contributed by atoms with E-state index in [1.807, 2.05) is 0 Å². The van der Waals surface area contributed by atoms with Gasteiger partial charge in [-0.2, -0.15) is 0 Å². The Kier molecular flexibility index (Phi) is 4.23. The van der Waals surface area contributed by atoms with Gasteiger partial charge in [-0.05, 0) is 43.1 Å². The van der Waals surface area contributed by atoms with Crippen LogP contribution in [0.3, 0.4) is 0 Å². The van der Waals surface area contributed by atoms with Crippen molar-refractivity contribution < 1.29 is 8.85 Å². The normalized spacial score (nSPS) is 34.2. The van der Waals surface area contributed by atoms with Crippen molar-refractivity contribution in [1.29, 1.82) is 0 Å². The molecule has 2 fully saturated rings. The van der Waals surface area contributed by atoms with Crippen molar-refractivity contribution in [3.63, 3.8) is 0 Å². The van der Waals surface area contributed by atoms with Crippen LogP contribution in [0.5, 0.6) is 0 Å². The molecule has 0 saturated heterocycles. The number of fused-ring (bicyclic) bond motifs is 2. The van der Waals surface area contributed by atoms with Gasteiger partial charge in [0.1, 0.15) is 0 Å². The van der Waals surface area contributed by atoms with Gasteiger partial charge >= 0.3 is 9.28 Å². The predicted octanol–water partition coefficient (Wildman–Crippen LogP) is 2.72. The lowest BCUT2D eigenvalue weighted by Crippen LogP contribution is -2.19. The van der Waals surface area contributed by atoms with E-state index in [0.29, 0.717) is 0 Å². The third-order valence-corrected chi connectivity index (χ3v) is 6.36. The van der Waals surface area contributed by atoms with Crippen molar-refractivity contribution in [2.45, 2.75) is 44.6 Å². The third-order valence-electron chi connectivity index (χ3n) is 4.43. The second-order valence-electron chi connectivity index (χ2n) is 5.27. The quantitative estimate of drug-likeness (QED) is 0.651. The number of rotatable bonds is 6. The molecular weight excluding hydrogens is 204 g/mol. The maximum absolute atomic E-state index is 5.34. The van der Waals surface area contributed by atoms with Crippen molar-refractivity contribution in [3.8, 4) is 0 Å². The molecule has 0 spiro atoms. The highest BCUT2D eigenvalue weighted by molar-refractivity contribution is 6.44. The summed E-state index contributed by atoms with van der Waals surface area (Å²) in [6.07, 6.45) is 8.86. The Morgan fingerprint density at radius 3 is 2.47 bits per heavy atom. The maximum Gasteiger partial charge on any atom is 0.320 e. The molecule has 3 atom stereocenters. The Labute approximate surface area is 95.2 Å². The van der Waals surface area contributed by atoms with Crippen LogP contribution in [0.4, 0.5) is 0 Å². The van der Waals surface area contributed by atoms with Crippen molar-refractivity contribution in [3.05, 3.63) is 0 Å². The fourth-order valence-corrected chi connectivity index (χ4v) is 4.84. The highest BCUT2D eigenvalue weighted by Crippen LogP contribution is 2.49. The average molecular weight is 228 g/mol. The monoisotopic (exact) mass is 228 g/mol. The molecule has 2 bridgehead atoms. The van der Waals surface area contributed by atoms with Crippen molar-refractivity contribution in [1.82, 2.24) is 0 Å². The standard InChI is InChI=1S/C12H24O2Si/c1-13-15(14-2)7-3-4-11-8-10-5-6-12(11)9-10/h10-12,15H,3-9H2,1-2H3.